The first-order chi connectivity index (χ1) is 8.58. The lowest BCUT2D eigenvalue weighted by Gasteiger charge is -2.13. The van der Waals surface area contributed by atoms with Crippen LogP contribution in [0.4, 0.5) is 5.82 Å². The number of aryl methyl sites for hydroxylation is 1. The summed E-state index contributed by atoms with van der Waals surface area (Å²) in [6.07, 6.45) is 3.36. The lowest BCUT2D eigenvalue weighted by molar-refractivity contribution is 0.845. The molecule has 0 radical (unpaired) electrons. The van der Waals surface area contributed by atoms with Gasteiger partial charge in [0.25, 0.3) is 0 Å². The molecular weight excluding hydrogens is 268 g/mol. The second kappa shape index (κ2) is 5.63. The Kier molecular flexibility index (Phi) is 4.14. The molecule has 0 atom stereocenters. The molecule has 0 spiro atoms. The molecule has 96 valence electrons. The fraction of sp³-hybridized carbons (Fsp3) is 0.417. The zero-order chi connectivity index (χ0) is 13.1. The number of nitrogens with zero attached hydrogens (tertiary/aromatic N) is 3. The highest BCUT2D eigenvalue weighted by atomic mass is 35.5. The maximum Gasteiger partial charge on any atom is 0.138 e. The number of hydrogen-bond acceptors (Lipinski definition) is 5. The lowest BCUT2D eigenvalue weighted by atomic mass is 10.1. The Morgan fingerprint density at radius 2 is 2.11 bits per heavy atom. The number of halogens is 1. The van der Waals surface area contributed by atoms with Crippen LogP contribution in [0.25, 0.3) is 0 Å². The first-order valence-corrected chi connectivity index (χ1v) is 6.93. The highest BCUT2D eigenvalue weighted by Crippen LogP contribution is 2.28. The van der Waals surface area contributed by atoms with E-state index in [4.69, 9.17) is 11.6 Å². The summed E-state index contributed by atoms with van der Waals surface area (Å²) in [4.78, 5) is 13.7. The van der Waals surface area contributed by atoms with Crippen molar-refractivity contribution in [2.45, 2.75) is 33.2 Å². The molecule has 0 bridgehead atoms. The van der Waals surface area contributed by atoms with Crippen molar-refractivity contribution in [3.8, 4) is 0 Å². The van der Waals surface area contributed by atoms with Crippen LogP contribution in [0.1, 0.15) is 35.2 Å². The second-order valence-corrected chi connectivity index (χ2v) is 5.96. The molecule has 2 aromatic rings. The average molecular weight is 283 g/mol. The van der Waals surface area contributed by atoms with Crippen molar-refractivity contribution < 1.29 is 0 Å². The van der Waals surface area contributed by atoms with Crippen LogP contribution in [0.3, 0.4) is 0 Å². The number of aromatic nitrogens is 3. The standard InChI is InChI=1S/C12H15ClN4S/c1-7(2)10-11(13)16-6-17-12(10)15-5-9-4-14-8(3)18-9/h4,6-7H,5H2,1-3H3,(H,15,16,17). The predicted molar refractivity (Wildman–Crippen MR) is 75.3 cm³/mol. The quantitative estimate of drug-likeness (QED) is 0.870. The number of thiazole rings is 1. The maximum atomic E-state index is 6.11. The first-order valence-electron chi connectivity index (χ1n) is 5.73. The largest absolute Gasteiger partial charge is 0.365 e. The number of anilines is 1. The second-order valence-electron chi connectivity index (χ2n) is 4.28. The van der Waals surface area contributed by atoms with Gasteiger partial charge in [-0.05, 0) is 12.8 Å². The van der Waals surface area contributed by atoms with E-state index < -0.39 is 0 Å². The van der Waals surface area contributed by atoms with Gasteiger partial charge in [0.15, 0.2) is 0 Å². The van der Waals surface area contributed by atoms with E-state index in [1.165, 1.54) is 11.2 Å². The summed E-state index contributed by atoms with van der Waals surface area (Å²) in [7, 11) is 0. The average Bonchev–Trinajstić information content (AvgIpc) is 2.72. The van der Waals surface area contributed by atoms with Crippen LogP contribution in [0.15, 0.2) is 12.5 Å². The topological polar surface area (TPSA) is 50.7 Å². The summed E-state index contributed by atoms with van der Waals surface area (Å²) in [6, 6.07) is 0. The van der Waals surface area contributed by atoms with Crippen molar-refractivity contribution in [1.82, 2.24) is 15.0 Å². The molecule has 0 saturated carbocycles. The van der Waals surface area contributed by atoms with Crippen LogP contribution in [-0.2, 0) is 6.54 Å². The van der Waals surface area contributed by atoms with E-state index in [-0.39, 0.29) is 5.92 Å². The van der Waals surface area contributed by atoms with Gasteiger partial charge in [0.2, 0.25) is 0 Å². The van der Waals surface area contributed by atoms with Crippen LogP contribution in [-0.4, -0.2) is 15.0 Å². The molecule has 0 saturated heterocycles. The molecule has 4 nitrogen and oxygen atoms in total. The molecule has 0 aliphatic carbocycles. The van der Waals surface area contributed by atoms with Crippen molar-refractivity contribution in [3.63, 3.8) is 0 Å². The fourth-order valence-corrected chi connectivity index (χ4v) is 2.77. The highest BCUT2D eigenvalue weighted by Gasteiger charge is 2.13. The van der Waals surface area contributed by atoms with E-state index in [9.17, 15) is 0 Å². The third kappa shape index (κ3) is 2.97. The van der Waals surface area contributed by atoms with Crippen LogP contribution in [0, 0.1) is 6.92 Å². The van der Waals surface area contributed by atoms with Gasteiger partial charge in [-0.1, -0.05) is 25.4 Å². The Hall–Kier alpha value is -1.20. The Bertz CT molecular complexity index is 539. The van der Waals surface area contributed by atoms with Crippen LogP contribution < -0.4 is 5.32 Å². The number of nitrogens with one attached hydrogen (secondary N) is 1. The predicted octanol–water partition coefficient (Wildman–Crippen LogP) is 3.63. The van der Waals surface area contributed by atoms with Crippen molar-refractivity contribution in [2.24, 2.45) is 0 Å². The molecule has 6 heteroatoms. The molecule has 2 rings (SSSR count). The molecule has 0 amide bonds. The zero-order valence-electron chi connectivity index (χ0n) is 10.6. The lowest BCUT2D eigenvalue weighted by Crippen LogP contribution is -2.06. The third-order valence-electron chi connectivity index (χ3n) is 2.51. The minimum Gasteiger partial charge on any atom is -0.365 e. The van der Waals surface area contributed by atoms with Crippen LogP contribution >= 0.6 is 22.9 Å². The Morgan fingerprint density at radius 1 is 1.33 bits per heavy atom. The Labute approximate surface area is 115 Å². The summed E-state index contributed by atoms with van der Waals surface area (Å²) in [5, 5.41) is 4.88. The summed E-state index contributed by atoms with van der Waals surface area (Å²) >= 11 is 7.78. The Morgan fingerprint density at radius 3 is 2.72 bits per heavy atom. The smallest absolute Gasteiger partial charge is 0.138 e. The number of hydrogen-bond donors (Lipinski definition) is 1. The van der Waals surface area contributed by atoms with Crippen molar-refractivity contribution in [2.75, 3.05) is 5.32 Å². The molecule has 1 N–H and O–H groups in total. The monoisotopic (exact) mass is 282 g/mol. The van der Waals surface area contributed by atoms with E-state index in [2.05, 4.69) is 34.1 Å². The summed E-state index contributed by atoms with van der Waals surface area (Å²) in [6.45, 7) is 6.85. The molecule has 2 aromatic heterocycles. The van der Waals surface area contributed by atoms with Gasteiger partial charge in [-0.2, -0.15) is 0 Å². The van der Waals surface area contributed by atoms with Crippen molar-refractivity contribution in [3.05, 3.63) is 33.1 Å². The van der Waals surface area contributed by atoms with Crippen molar-refractivity contribution >= 4 is 28.8 Å². The van der Waals surface area contributed by atoms with Crippen LogP contribution in [0.2, 0.25) is 5.15 Å². The maximum absolute atomic E-state index is 6.11. The fourth-order valence-electron chi connectivity index (χ4n) is 1.68. The van der Waals surface area contributed by atoms with Gasteiger partial charge < -0.3 is 5.32 Å². The van der Waals surface area contributed by atoms with Gasteiger partial charge in [0.1, 0.15) is 17.3 Å². The third-order valence-corrected chi connectivity index (χ3v) is 3.73. The van der Waals surface area contributed by atoms with E-state index >= 15 is 0 Å². The normalized spacial score (nSPS) is 10.9. The SMILES string of the molecule is Cc1ncc(CNc2ncnc(Cl)c2C(C)C)s1. The number of rotatable bonds is 4. The molecular formula is C12H15ClN4S. The minimum absolute atomic E-state index is 0.282. The van der Waals surface area contributed by atoms with Gasteiger partial charge >= 0.3 is 0 Å². The Balaban J connectivity index is 2.16. The van der Waals surface area contributed by atoms with Gasteiger partial charge in [-0.25, -0.2) is 15.0 Å². The van der Waals surface area contributed by atoms with Gasteiger partial charge in [-0.3, -0.25) is 0 Å². The van der Waals surface area contributed by atoms with E-state index in [0.29, 0.717) is 11.7 Å². The van der Waals surface area contributed by atoms with E-state index in [1.807, 2.05) is 13.1 Å². The van der Waals surface area contributed by atoms with E-state index in [1.54, 1.807) is 11.3 Å². The van der Waals surface area contributed by atoms with Crippen LogP contribution in [0.5, 0.6) is 0 Å². The molecule has 0 aliphatic rings. The molecule has 0 aromatic carbocycles. The summed E-state index contributed by atoms with van der Waals surface area (Å²) in [5.41, 5.74) is 0.959. The molecule has 0 aliphatic heterocycles. The van der Waals surface area contributed by atoms with Crippen molar-refractivity contribution in [1.29, 1.82) is 0 Å². The van der Waals surface area contributed by atoms with E-state index in [0.717, 1.165) is 16.4 Å². The molecule has 0 fully saturated rings. The van der Waals surface area contributed by atoms with Gasteiger partial charge in [0, 0.05) is 16.6 Å². The first kappa shape index (κ1) is 13.2. The zero-order valence-corrected chi connectivity index (χ0v) is 12.1. The molecule has 18 heavy (non-hydrogen) atoms. The summed E-state index contributed by atoms with van der Waals surface area (Å²) < 4.78 is 0. The minimum atomic E-state index is 0.282. The molecule has 2 heterocycles. The van der Waals surface area contributed by atoms with Gasteiger partial charge in [0.05, 0.1) is 11.6 Å². The molecule has 0 unspecified atom stereocenters. The summed E-state index contributed by atoms with van der Waals surface area (Å²) in [5.74, 6) is 1.08. The highest BCUT2D eigenvalue weighted by molar-refractivity contribution is 7.11. The van der Waals surface area contributed by atoms with Gasteiger partial charge in [-0.15, -0.1) is 11.3 Å².